The molecule has 0 bridgehead atoms. The lowest BCUT2D eigenvalue weighted by Gasteiger charge is -2.21. The van der Waals surface area contributed by atoms with Gasteiger partial charge in [0.15, 0.2) is 0 Å². The van der Waals surface area contributed by atoms with Crippen LogP contribution in [-0.4, -0.2) is 54.3 Å². The lowest BCUT2D eigenvalue weighted by Crippen LogP contribution is -2.36. The molecule has 1 heterocycles. The molecule has 1 fully saturated rings. The lowest BCUT2D eigenvalue weighted by atomic mass is 10.1. The van der Waals surface area contributed by atoms with Crippen molar-refractivity contribution < 1.29 is 13.6 Å². The van der Waals surface area contributed by atoms with Crippen molar-refractivity contribution in [3.05, 3.63) is 35.4 Å². The van der Waals surface area contributed by atoms with E-state index in [2.05, 4.69) is 4.90 Å². The first-order chi connectivity index (χ1) is 10.1. The number of carbonyl (C=O) groups excluding carboxylic acids is 1. The SMILES string of the molecule is O=C(Cc1c(F)cccc1F)N1CCCN(CCCl)CC1. The molecule has 1 aromatic rings. The van der Waals surface area contributed by atoms with E-state index in [1.807, 2.05) is 0 Å². The number of hydrogen-bond acceptors (Lipinski definition) is 2. The third-order valence-corrected chi connectivity index (χ3v) is 3.90. The molecular weight excluding hydrogens is 298 g/mol. The summed E-state index contributed by atoms with van der Waals surface area (Å²) in [5.74, 6) is -0.996. The molecule has 0 aromatic heterocycles. The molecule has 0 radical (unpaired) electrons. The first-order valence-corrected chi connectivity index (χ1v) is 7.64. The quantitative estimate of drug-likeness (QED) is 0.796. The average molecular weight is 317 g/mol. The monoisotopic (exact) mass is 316 g/mol. The van der Waals surface area contributed by atoms with Gasteiger partial charge in [-0.05, 0) is 25.1 Å². The van der Waals surface area contributed by atoms with Crippen LogP contribution >= 0.6 is 11.6 Å². The fourth-order valence-electron chi connectivity index (χ4n) is 2.53. The summed E-state index contributed by atoms with van der Waals surface area (Å²) in [5.41, 5.74) is -0.149. The molecule has 6 heteroatoms. The zero-order chi connectivity index (χ0) is 15.2. The van der Waals surface area contributed by atoms with Gasteiger partial charge in [-0.25, -0.2) is 8.78 Å². The van der Waals surface area contributed by atoms with Gasteiger partial charge in [-0.15, -0.1) is 11.6 Å². The molecule has 0 spiro atoms. The Balaban J connectivity index is 1.97. The third-order valence-electron chi connectivity index (χ3n) is 3.73. The highest BCUT2D eigenvalue weighted by atomic mass is 35.5. The summed E-state index contributed by atoms with van der Waals surface area (Å²) >= 11 is 5.72. The van der Waals surface area contributed by atoms with Gasteiger partial charge in [-0.2, -0.15) is 0 Å². The molecule has 0 atom stereocenters. The molecule has 0 saturated carbocycles. The summed E-state index contributed by atoms with van der Waals surface area (Å²) in [6.07, 6.45) is 0.621. The molecule has 0 aliphatic carbocycles. The van der Waals surface area contributed by atoms with Crippen LogP contribution in [0.3, 0.4) is 0 Å². The second kappa shape index (κ2) is 7.71. The van der Waals surface area contributed by atoms with Gasteiger partial charge in [0, 0.05) is 37.6 Å². The van der Waals surface area contributed by atoms with Crippen LogP contribution in [0, 0.1) is 11.6 Å². The normalized spacial score (nSPS) is 16.8. The van der Waals surface area contributed by atoms with E-state index in [1.54, 1.807) is 4.90 Å². The Hall–Kier alpha value is -1.20. The van der Waals surface area contributed by atoms with Crippen LogP contribution in [0.25, 0.3) is 0 Å². The number of rotatable bonds is 4. The standard InChI is InChI=1S/C15H19ClF2N2O/c16-5-8-19-6-2-7-20(10-9-19)15(21)11-12-13(17)3-1-4-14(12)18/h1,3-4H,2,5-11H2. The fraction of sp³-hybridized carbons (Fsp3) is 0.533. The minimum absolute atomic E-state index is 0.149. The van der Waals surface area contributed by atoms with Crippen molar-refractivity contribution >= 4 is 17.5 Å². The topological polar surface area (TPSA) is 23.6 Å². The van der Waals surface area contributed by atoms with Crippen molar-refractivity contribution in [2.75, 3.05) is 38.6 Å². The summed E-state index contributed by atoms with van der Waals surface area (Å²) in [7, 11) is 0. The van der Waals surface area contributed by atoms with E-state index in [4.69, 9.17) is 11.6 Å². The molecule has 0 unspecified atom stereocenters. The van der Waals surface area contributed by atoms with Crippen molar-refractivity contribution in [2.24, 2.45) is 0 Å². The van der Waals surface area contributed by atoms with E-state index < -0.39 is 11.6 Å². The molecule has 21 heavy (non-hydrogen) atoms. The summed E-state index contributed by atoms with van der Waals surface area (Å²) in [6, 6.07) is 3.65. The molecule has 2 rings (SSSR count). The van der Waals surface area contributed by atoms with Crippen molar-refractivity contribution in [3.8, 4) is 0 Å². The molecular formula is C15H19ClF2N2O. The van der Waals surface area contributed by atoms with E-state index in [0.717, 1.165) is 26.1 Å². The molecule has 1 aliphatic rings. The van der Waals surface area contributed by atoms with Gasteiger partial charge in [0.2, 0.25) is 5.91 Å². The Morgan fingerprint density at radius 3 is 2.52 bits per heavy atom. The van der Waals surface area contributed by atoms with Gasteiger partial charge >= 0.3 is 0 Å². The van der Waals surface area contributed by atoms with Crippen LogP contribution in [0.2, 0.25) is 0 Å². The predicted molar refractivity (Wildman–Crippen MR) is 78.4 cm³/mol. The number of alkyl halides is 1. The smallest absolute Gasteiger partial charge is 0.227 e. The summed E-state index contributed by atoms with van der Waals surface area (Å²) < 4.78 is 27.2. The van der Waals surface area contributed by atoms with Crippen LogP contribution in [0.5, 0.6) is 0 Å². The predicted octanol–water partition coefficient (Wildman–Crippen LogP) is 2.28. The molecule has 1 amide bonds. The van der Waals surface area contributed by atoms with Gasteiger partial charge < -0.3 is 9.80 Å². The Morgan fingerprint density at radius 1 is 1.14 bits per heavy atom. The van der Waals surface area contributed by atoms with Crippen LogP contribution in [0.4, 0.5) is 8.78 Å². The van der Waals surface area contributed by atoms with E-state index in [-0.39, 0.29) is 17.9 Å². The van der Waals surface area contributed by atoms with Gasteiger partial charge in [0.05, 0.1) is 6.42 Å². The molecule has 3 nitrogen and oxygen atoms in total. The number of nitrogens with zero attached hydrogens (tertiary/aromatic N) is 2. The summed E-state index contributed by atoms with van der Waals surface area (Å²) in [6.45, 7) is 3.63. The molecule has 116 valence electrons. The maximum atomic E-state index is 13.6. The summed E-state index contributed by atoms with van der Waals surface area (Å²) in [4.78, 5) is 16.1. The Kier molecular flexibility index (Phi) is 5.94. The van der Waals surface area contributed by atoms with Gasteiger partial charge in [-0.1, -0.05) is 6.07 Å². The second-order valence-corrected chi connectivity index (χ2v) is 5.52. The van der Waals surface area contributed by atoms with Crippen LogP contribution in [-0.2, 0) is 11.2 Å². The zero-order valence-electron chi connectivity index (χ0n) is 11.8. The number of halogens is 3. The van der Waals surface area contributed by atoms with Crippen molar-refractivity contribution in [3.63, 3.8) is 0 Å². The fourth-order valence-corrected chi connectivity index (χ4v) is 2.77. The van der Waals surface area contributed by atoms with Crippen LogP contribution in [0.1, 0.15) is 12.0 Å². The van der Waals surface area contributed by atoms with Crippen LogP contribution < -0.4 is 0 Å². The number of amides is 1. The first kappa shape index (κ1) is 16.2. The van der Waals surface area contributed by atoms with Gasteiger partial charge in [-0.3, -0.25) is 4.79 Å². The van der Waals surface area contributed by atoms with Crippen molar-refractivity contribution in [1.29, 1.82) is 0 Å². The van der Waals surface area contributed by atoms with Gasteiger partial charge in [0.25, 0.3) is 0 Å². The van der Waals surface area contributed by atoms with E-state index in [9.17, 15) is 13.6 Å². The molecule has 1 saturated heterocycles. The molecule has 1 aromatic carbocycles. The number of carbonyl (C=O) groups is 1. The van der Waals surface area contributed by atoms with E-state index in [1.165, 1.54) is 18.2 Å². The summed E-state index contributed by atoms with van der Waals surface area (Å²) in [5, 5.41) is 0. The maximum absolute atomic E-state index is 13.6. The number of benzene rings is 1. The highest BCUT2D eigenvalue weighted by Crippen LogP contribution is 2.14. The highest BCUT2D eigenvalue weighted by molar-refractivity contribution is 6.18. The van der Waals surface area contributed by atoms with Crippen LogP contribution in [0.15, 0.2) is 18.2 Å². The minimum atomic E-state index is -0.665. The Bertz CT molecular complexity index is 478. The van der Waals surface area contributed by atoms with Crippen molar-refractivity contribution in [1.82, 2.24) is 9.80 Å². The molecule has 0 N–H and O–H groups in total. The third kappa shape index (κ3) is 4.38. The highest BCUT2D eigenvalue weighted by Gasteiger charge is 2.21. The lowest BCUT2D eigenvalue weighted by molar-refractivity contribution is -0.130. The van der Waals surface area contributed by atoms with E-state index in [0.29, 0.717) is 19.0 Å². The maximum Gasteiger partial charge on any atom is 0.227 e. The minimum Gasteiger partial charge on any atom is -0.341 e. The average Bonchev–Trinajstić information content (AvgIpc) is 2.69. The Labute approximate surface area is 128 Å². The van der Waals surface area contributed by atoms with Gasteiger partial charge in [0.1, 0.15) is 11.6 Å². The number of hydrogen-bond donors (Lipinski definition) is 0. The molecule has 1 aliphatic heterocycles. The largest absolute Gasteiger partial charge is 0.341 e. The van der Waals surface area contributed by atoms with E-state index >= 15 is 0 Å². The first-order valence-electron chi connectivity index (χ1n) is 7.11. The second-order valence-electron chi connectivity index (χ2n) is 5.14. The Morgan fingerprint density at radius 2 is 1.86 bits per heavy atom. The zero-order valence-corrected chi connectivity index (χ0v) is 12.6. The van der Waals surface area contributed by atoms with Crippen molar-refractivity contribution in [2.45, 2.75) is 12.8 Å².